The monoisotopic (exact) mass is 509 g/mol. The Bertz CT molecular complexity index is 1480. The number of aryl methyl sites for hydroxylation is 1. The third kappa shape index (κ3) is 6.04. The standard InChI is InChI=1S/C21H18FN5O3.C4H10N2O/c1-12-21-14(3-2-4-17(21)26(25-12)7-8-28)15-10-18-13(9-16(15)22)11-24-27(18)20(30)6-5-19(23)29;1-5-3-4(7)6-2/h2-4,8-11H,5-7H2,1H3,(H2,23,29);5H,3H2,1-2H3,(H,6,7). The number of hydrogen-bond acceptors (Lipinski definition) is 7. The maximum atomic E-state index is 15.0. The van der Waals surface area contributed by atoms with Gasteiger partial charge in [0.15, 0.2) is 0 Å². The summed E-state index contributed by atoms with van der Waals surface area (Å²) in [5, 5.41) is 14.8. The number of nitrogens with zero attached hydrogens (tertiary/aromatic N) is 4. The van der Waals surface area contributed by atoms with Crippen LogP contribution in [0, 0.1) is 12.7 Å². The van der Waals surface area contributed by atoms with Crippen LogP contribution >= 0.6 is 0 Å². The van der Waals surface area contributed by atoms with Crippen LogP contribution in [-0.4, -0.2) is 64.2 Å². The third-order valence-corrected chi connectivity index (χ3v) is 5.59. The Morgan fingerprint density at radius 3 is 2.49 bits per heavy atom. The lowest BCUT2D eigenvalue weighted by molar-refractivity contribution is -0.120. The molecule has 2 aromatic carbocycles. The normalized spacial score (nSPS) is 10.7. The fourth-order valence-corrected chi connectivity index (χ4v) is 3.89. The van der Waals surface area contributed by atoms with Gasteiger partial charge in [0.05, 0.1) is 36.0 Å². The molecular formula is C25H28FN7O4. The molecule has 11 nitrogen and oxygen atoms in total. The summed E-state index contributed by atoms with van der Waals surface area (Å²) in [6.07, 6.45) is 1.97. The molecule has 0 aliphatic rings. The van der Waals surface area contributed by atoms with Crippen LogP contribution in [-0.2, 0) is 20.9 Å². The minimum atomic E-state index is -0.582. The zero-order valence-electron chi connectivity index (χ0n) is 20.7. The number of aldehydes is 1. The van der Waals surface area contributed by atoms with Gasteiger partial charge in [-0.05, 0) is 37.7 Å². The number of amides is 2. The first-order valence-corrected chi connectivity index (χ1v) is 11.5. The van der Waals surface area contributed by atoms with Crippen LogP contribution in [0.2, 0.25) is 0 Å². The van der Waals surface area contributed by atoms with Crippen LogP contribution in [0.1, 0.15) is 23.3 Å². The van der Waals surface area contributed by atoms with Gasteiger partial charge in [-0.2, -0.15) is 10.2 Å². The number of halogens is 1. The summed E-state index contributed by atoms with van der Waals surface area (Å²) >= 11 is 0. The van der Waals surface area contributed by atoms with E-state index in [2.05, 4.69) is 20.8 Å². The number of aromatic nitrogens is 4. The molecule has 0 bridgehead atoms. The highest BCUT2D eigenvalue weighted by atomic mass is 19.1. The predicted molar refractivity (Wildman–Crippen MR) is 136 cm³/mol. The summed E-state index contributed by atoms with van der Waals surface area (Å²) in [6.45, 7) is 2.29. The van der Waals surface area contributed by atoms with E-state index in [1.54, 1.807) is 43.9 Å². The molecule has 0 spiro atoms. The van der Waals surface area contributed by atoms with Gasteiger partial charge in [-0.1, -0.05) is 12.1 Å². The van der Waals surface area contributed by atoms with E-state index >= 15 is 4.39 Å². The van der Waals surface area contributed by atoms with Crippen molar-refractivity contribution in [3.8, 4) is 11.1 Å². The highest BCUT2D eigenvalue weighted by Gasteiger charge is 2.19. The number of benzene rings is 2. The minimum absolute atomic E-state index is 0.0162. The summed E-state index contributed by atoms with van der Waals surface area (Å²) in [7, 11) is 3.34. The largest absolute Gasteiger partial charge is 0.370 e. The molecule has 4 aromatic rings. The van der Waals surface area contributed by atoms with E-state index in [0.29, 0.717) is 34.2 Å². The van der Waals surface area contributed by atoms with E-state index in [0.717, 1.165) is 16.4 Å². The second kappa shape index (κ2) is 12.0. The number of rotatable bonds is 8. The molecule has 0 fully saturated rings. The first-order valence-electron chi connectivity index (χ1n) is 11.5. The Morgan fingerprint density at radius 2 is 1.86 bits per heavy atom. The van der Waals surface area contributed by atoms with E-state index in [-0.39, 0.29) is 30.9 Å². The SMILES string of the molecule is CNCC(=O)NC.Cc1nn(CC=O)c2cccc(-c3cc4c(cnn4C(=O)CCC(N)=O)cc3F)c12. The van der Waals surface area contributed by atoms with Crippen molar-refractivity contribution < 1.29 is 23.6 Å². The third-order valence-electron chi connectivity index (χ3n) is 5.59. The maximum Gasteiger partial charge on any atom is 0.247 e. The van der Waals surface area contributed by atoms with Crippen LogP contribution in [0.15, 0.2) is 36.5 Å². The number of nitrogens with one attached hydrogen (secondary N) is 2. The Hall–Kier alpha value is -4.45. The molecule has 12 heteroatoms. The van der Waals surface area contributed by atoms with Crippen LogP contribution in [0.25, 0.3) is 32.9 Å². The van der Waals surface area contributed by atoms with Crippen LogP contribution in [0.3, 0.4) is 0 Å². The Labute approximate surface area is 211 Å². The lowest BCUT2D eigenvalue weighted by Crippen LogP contribution is -2.28. The van der Waals surface area contributed by atoms with Gasteiger partial charge >= 0.3 is 0 Å². The Morgan fingerprint density at radius 1 is 1.11 bits per heavy atom. The van der Waals surface area contributed by atoms with E-state index < -0.39 is 17.6 Å². The zero-order chi connectivity index (χ0) is 27.1. The zero-order valence-corrected chi connectivity index (χ0v) is 20.7. The second-order valence-electron chi connectivity index (χ2n) is 8.14. The molecule has 37 heavy (non-hydrogen) atoms. The first-order chi connectivity index (χ1) is 17.7. The van der Waals surface area contributed by atoms with Gasteiger partial charge in [0.2, 0.25) is 17.7 Å². The van der Waals surface area contributed by atoms with Crippen molar-refractivity contribution in [1.82, 2.24) is 30.2 Å². The molecule has 0 aliphatic heterocycles. The molecule has 0 saturated carbocycles. The molecule has 194 valence electrons. The summed E-state index contributed by atoms with van der Waals surface area (Å²) < 4.78 is 17.7. The fourth-order valence-electron chi connectivity index (χ4n) is 3.89. The number of primary amides is 1. The van der Waals surface area contributed by atoms with Crippen molar-refractivity contribution in [1.29, 1.82) is 0 Å². The Kier molecular flexibility index (Phi) is 8.80. The number of hydrogen-bond donors (Lipinski definition) is 3. The van der Waals surface area contributed by atoms with Gasteiger partial charge in [0.25, 0.3) is 0 Å². The minimum Gasteiger partial charge on any atom is -0.370 e. The number of likely N-dealkylation sites (N-methyl/N-ethyl adjacent to an activating group) is 2. The van der Waals surface area contributed by atoms with Gasteiger partial charge in [0, 0.05) is 36.2 Å². The molecule has 2 aromatic heterocycles. The number of carbonyl (C=O) groups excluding carboxylic acids is 4. The summed E-state index contributed by atoms with van der Waals surface area (Å²) in [5.74, 6) is -1.44. The summed E-state index contributed by atoms with van der Waals surface area (Å²) in [6, 6.07) is 8.22. The molecule has 0 radical (unpaired) electrons. The number of carbonyl (C=O) groups is 4. The lowest BCUT2D eigenvalue weighted by atomic mass is 9.98. The summed E-state index contributed by atoms with van der Waals surface area (Å²) in [4.78, 5) is 44.6. The van der Waals surface area contributed by atoms with E-state index in [1.165, 1.54) is 12.3 Å². The van der Waals surface area contributed by atoms with Crippen LogP contribution in [0.4, 0.5) is 4.39 Å². The van der Waals surface area contributed by atoms with Gasteiger partial charge in [-0.15, -0.1) is 0 Å². The highest BCUT2D eigenvalue weighted by molar-refractivity contribution is 6.00. The topological polar surface area (TPSA) is 154 Å². The van der Waals surface area contributed by atoms with Crippen molar-refractivity contribution in [2.45, 2.75) is 26.3 Å². The smallest absolute Gasteiger partial charge is 0.247 e. The van der Waals surface area contributed by atoms with Crippen molar-refractivity contribution >= 4 is 45.8 Å². The summed E-state index contributed by atoms with van der Waals surface area (Å²) in [5.41, 5.74) is 7.79. The molecule has 4 N–H and O–H groups in total. The number of nitrogens with two attached hydrogens (primary N) is 1. The van der Waals surface area contributed by atoms with E-state index in [9.17, 15) is 19.2 Å². The highest BCUT2D eigenvalue weighted by Crippen LogP contribution is 2.34. The average Bonchev–Trinajstić information content (AvgIpc) is 3.43. The lowest BCUT2D eigenvalue weighted by Gasteiger charge is -2.08. The molecule has 2 heterocycles. The Balaban J connectivity index is 0.000000479. The molecule has 4 rings (SSSR count). The average molecular weight is 510 g/mol. The second-order valence-corrected chi connectivity index (χ2v) is 8.14. The molecule has 2 amide bonds. The van der Waals surface area contributed by atoms with Gasteiger partial charge in [0.1, 0.15) is 12.1 Å². The fraction of sp³-hybridized carbons (Fsp3) is 0.280. The van der Waals surface area contributed by atoms with Crippen LogP contribution < -0.4 is 16.4 Å². The molecular weight excluding hydrogens is 481 g/mol. The van der Waals surface area contributed by atoms with Crippen molar-refractivity contribution in [2.75, 3.05) is 20.6 Å². The molecule has 0 aliphatic carbocycles. The van der Waals surface area contributed by atoms with Gasteiger partial charge in [-0.3, -0.25) is 19.1 Å². The van der Waals surface area contributed by atoms with Crippen LogP contribution in [0.5, 0.6) is 0 Å². The van der Waals surface area contributed by atoms with Crippen molar-refractivity contribution in [2.24, 2.45) is 5.73 Å². The first kappa shape index (κ1) is 27.1. The van der Waals surface area contributed by atoms with Crippen molar-refractivity contribution in [3.63, 3.8) is 0 Å². The van der Waals surface area contributed by atoms with Gasteiger partial charge < -0.3 is 21.2 Å². The molecule has 0 saturated heterocycles. The van der Waals surface area contributed by atoms with Gasteiger partial charge in [-0.25, -0.2) is 9.07 Å². The van der Waals surface area contributed by atoms with Crippen molar-refractivity contribution in [3.05, 3.63) is 48.0 Å². The number of fused-ring (bicyclic) bond motifs is 2. The van der Waals surface area contributed by atoms with E-state index in [1.807, 2.05) is 6.07 Å². The molecule has 0 unspecified atom stereocenters. The molecule has 0 atom stereocenters. The predicted octanol–water partition coefficient (Wildman–Crippen LogP) is 1.56. The maximum absolute atomic E-state index is 15.0. The quantitative estimate of drug-likeness (QED) is 0.305. The van der Waals surface area contributed by atoms with E-state index in [4.69, 9.17) is 5.73 Å².